The number of nitrogen functional groups attached to an aromatic ring is 1. The van der Waals surface area contributed by atoms with Crippen LogP contribution in [0.2, 0.25) is 0 Å². The van der Waals surface area contributed by atoms with Gasteiger partial charge in [-0.2, -0.15) is 0 Å². The van der Waals surface area contributed by atoms with Crippen molar-refractivity contribution < 1.29 is 4.39 Å². The van der Waals surface area contributed by atoms with E-state index in [9.17, 15) is 4.39 Å². The average Bonchev–Trinajstić information content (AvgIpc) is 2.68. The molecule has 0 aliphatic rings. The molecule has 0 amide bonds. The Bertz CT molecular complexity index is 720. The van der Waals surface area contributed by atoms with Gasteiger partial charge in [-0.3, -0.25) is 0 Å². The maximum absolute atomic E-state index is 13.2. The van der Waals surface area contributed by atoms with Gasteiger partial charge in [0.05, 0.1) is 6.54 Å². The first-order valence-electron chi connectivity index (χ1n) is 6.51. The second-order valence-corrected chi connectivity index (χ2v) is 6.69. The molecular weight excluding hydrogens is 333 g/mol. The van der Waals surface area contributed by atoms with Crippen LogP contribution in [0.4, 0.5) is 10.2 Å². The van der Waals surface area contributed by atoms with Crippen molar-refractivity contribution in [2.24, 2.45) is 0 Å². The molecule has 2 rings (SSSR count). The van der Waals surface area contributed by atoms with E-state index in [4.69, 9.17) is 12.2 Å². The zero-order chi connectivity index (χ0) is 15.8. The summed E-state index contributed by atoms with van der Waals surface area (Å²) < 4.78 is 15.7. The first-order chi connectivity index (χ1) is 9.75. The lowest BCUT2D eigenvalue weighted by Crippen LogP contribution is -2.19. The smallest absolute Gasteiger partial charge is 0.132 e. The number of benzene rings is 1. The summed E-state index contributed by atoms with van der Waals surface area (Å²) in [7, 11) is 0. The molecule has 3 nitrogen and oxygen atoms in total. The van der Waals surface area contributed by atoms with Gasteiger partial charge in [-0.1, -0.05) is 26.7 Å². The fraction of sp³-hybridized carbons (Fsp3) is 0.312. The topological polar surface area (TPSA) is 43.8 Å². The fourth-order valence-electron chi connectivity index (χ4n) is 2.17. The van der Waals surface area contributed by atoms with E-state index >= 15 is 0 Å². The Morgan fingerprint density at radius 3 is 2.62 bits per heavy atom. The van der Waals surface area contributed by atoms with E-state index in [1.165, 1.54) is 12.1 Å². The molecule has 0 unspecified atom stereocenters. The Morgan fingerprint density at radius 2 is 2.10 bits per heavy atom. The lowest BCUT2D eigenvalue weighted by Gasteiger charge is -2.18. The van der Waals surface area contributed by atoms with Crippen LogP contribution in [0.15, 0.2) is 22.7 Å². The monoisotopic (exact) mass is 349 g/mol. The SMILES string of the molecule is C#CCn1c(C(C)(C)C)nc(-c2ccc(F)cc2Br)c1N. The van der Waals surface area contributed by atoms with E-state index in [2.05, 4.69) is 26.8 Å². The third kappa shape index (κ3) is 2.96. The maximum atomic E-state index is 13.2. The summed E-state index contributed by atoms with van der Waals surface area (Å²) in [4.78, 5) is 4.65. The van der Waals surface area contributed by atoms with Gasteiger partial charge in [-0.15, -0.1) is 6.42 Å². The Labute approximate surface area is 132 Å². The summed E-state index contributed by atoms with van der Waals surface area (Å²) in [5, 5.41) is 0. The molecular formula is C16H17BrFN3. The second-order valence-electron chi connectivity index (χ2n) is 5.83. The van der Waals surface area contributed by atoms with Crippen LogP contribution in [-0.2, 0) is 12.0 Å². The molecule has 0 bridgehead atoms. The summed E-state index contributed by atoms with van der Waals surface area (Å²) in [5.41, 5.74) is 7.38. The van der Waals surface area contributed by atoms with E-state index in [0.717, 1.165) is 11.4 Å². The van der Waals surface area contributed by atoms with Crippen molar-refractivity contribution in [1.29, 1.82) is 0 Å². The second kappa shape index (κ2) is 5.53. The van der Waals surface area contributed by atoms with Crippen LogP contribution in [-0.4, -0.2) is 9.55 Å². The molecule has 110 valence electrons. The molecule has 1 aromatic carbocycles. The molecule has 0 atom stereocenters. The number of hydrogen-bond donors (Lipinski definition) is 1. The highest BCUT2D eigenvalue weighted by Crippen LogP contribution is 2.35. The zero-order valence-corrected chi connectivity index (χ0v) is 13.8. The number of halogens is 2. The number of rotatable bonds is 2. The van der Waals surface area contributed by atoms with Crippen LogP contribution in [0.25, 0.3) is 11.3 Å². The van der Waals surface area contributed by atoms with Gasteiger partial charge >= 0.3 is 0 Å². The largest absolute Gasteiger partial charge is 0.383 e. The highest BCUT2D eigenvalue weighted by atomic mass is 79.9. The number of nitrogens with two attached hydrogens (primary N) is 1. The van der Waals surface area contributed by atoms with Crippen LogP contribution in [0.5, 0.6) is 0 Å². The Balaban J connectivity index is 2.68. The number of nitrogens with zero attached hydrogens (tertiary/aromatic N) is 2. The van der Waals surface area contributed by atoms with Crippen LogP contribution in [0, 0.1) is 18.2 Å². The van der Waals surface area contributed by atoms with Gasteiger partial charge in [0.1, 0.15) is 23.2 Å². The van der Waals surface area contributed by atoms with Crippen LogP contribution in [0.1, 0.15) is 26.6 Å². The van der Waals surface area contributed by atoms with Gasteiger partial charge in [0, 0.05) is 15.5 Å². The summed E-state index contributed by atoms with van der Waals surface area (Å²) in [6.45, 7) is 6.49. The number of imidazole rings is 1. The Morgan fingerprint density at radius 1 is 1.43 bits per heavy atom. The normalized spacial score (nSPS) is 11.4. The van der Waals surface area contributed by atoms with Crippen molar-refractivity contribution in [2.75, 3.05) is 5.73 Å². The number of aromatic nitrogens is 2. The molecule has 0 aliphatic heterocycles. The number of terminal acetylenes is 1. The molecule has 0 aliphatic carbocycles. The predicted molar refractivity (Wildman–Crippen MR) is 87.3 cm³/mol. The lowest BCUT2D eigenvalue weighted by molar-refractivity contribution is 0.517. The summed E-state index contributed by atoms with van der Waals surface area (Å²) in [6.07, 6.45) is 5.43. The molecule has 1 aromatic heterocycles. The molecule has 0 radical (unpaired) electrons. The molecule has 0 saturated carbocycles. The van der Waals surface area contributed by atoms with Crippen molar-refractivity contribution in [3.8, 4) is 23.6 Å². The third-order valence-electron chi connectivity index (χ3n) is 3.11. The van der Waals surface area contributed by atoms with Gasteiger partial charge in [-0.05, 0) is 34.1 Å². The minimum Gasteiger partial charge on any atom is -0.383 e. The maximum Gasteiger partial charge on any atom is 0.132 e. The van der Waals surface area contributed by atoms with E-state index in [1.54, 1.807) is 6.07 Å². The molecule has 21 heavy (non-hydrogen) atoms. The van der Waals surface area contributed by atoms with Crippen molar-refractivity contribution in [2.45, 2.75) is 32.7 Å². The van der Waals surface area contributed by atoms with Crippen molar-refractivity contribution in [1.82, 2.24) is 9.55 Å². The van der Waals surface area contributed by atoms with Crippen molar-refractivity contribution in [3.63, 3.8) is 0 Å². The highest BCUT2D eigenvalue weighted by molar-refractivity contribution is 9.10. The minimum absolute atomic E-state index is 0.199. The van der Waals surface area contributed by atoms with Crippen LogP contribution < -0.4 is 5.73 Å². The molecule has 2 aromatic rings. The van der Waals surface area contributed by atoms with Gasteiger partial charge in [0.15, 0.2) is 0 Å². The molecule has 1 heterocycles. The molecule has 0 spiro atoms. The molecule has 0 fully saturated rings. The number of anilines is 1. The van der Waals surface area contributed by atoms with Gasteiger partial charge < -0.3 is 10.3 Å². The first-order valence-corrected chi connectivity index (χ1v) is 7.30. The minimum atomic E-state index is -0.316. The third-order valence-corrected chi connectivity index (χ3v) is 3.77. The standard InChI is InChI=1S/C16H17BrFN3/c1-5-8-21-14(19)13(20-15(21)16(2,3)4)11-7-6-10(18)9-12(11)17/h1,6-7,9H,8,19H2,2-4H3. The molecule has 5 heteroatoms. The summed E-state index contributed by atoms with van der Waals surface area (Å²) >= 11 is 3.36. The molecule has 0 saturated heterocycles. The average molecular weight is 350 g/mol. The predicted octanol–water partition coefficient (Wildman–Crippen LogP) is 3.96. The lowest BCUT2D eigenvalue weighted by atomic mass is 9.95. The Hall–Kier alpha value is -1.80. The zero-order valence-electron chi connectivity index (χ0n) is 12.2. The van der Waals surface area contributed by atoms with Crippen LogP contribution >= 0.6 is 15.9 Å². The molecule has 2 N–H and O–H groups in total. The fourth-order valence-corrected chi connectivity index (χ4v) is 2.71. The number of hydrogen-bond acceptors (Lipinski definition) is 2. The highest BCUT2D eigenvalue weighted by Gasteiger charge is 2.25. The first kappa shape index (κ1) is 15.6. The van der Waals surface area contributed by atoms with Gasteiger partial charge in [-0.25, -0.2) is 9.37 Å². The van der Waals surface area contributed by atoms with Crippen molar-refractivity contribution >= 4 is 21.7 Å². The van der Waals surface area contributed by atoms with Crippen LogP contribution in [0.3, 0.4) is 0 Å². The summed E-state index contributed by atoms with van der Waals surface area (Å²) in [5.74, 6) is 3.58. The van der Waals surface area contributed by atoms with Crippen molar-refractivity contribution in [3.05, 3.63) is 34.3 Å². The Kier molecular flexibility index (Phi) is 4.11. The summed E-state index contributed by atoms with van der Waals surface area (Å²) in [6, 6.07) is 4.44. The van der Waals surface area contributed by atoms with Gasteiger partial charge in [0.25, 0.3) is 0 Å². The van der Waals surface area contributed by atoms with E-state index < -0.39 is 0 Å². The quantitative estimate of drug-likeness (QED) is 0.833. The van der Waals surface area contributed by atoms with Gasteiger partial charge in [0.2, 0.25) is 0 Å². The van der Waals surface area contributed by atoms with E-state index in [0.29, 0.717) is 22.5 Å². The van der Waals surface area contributed by atoms with E-state index in [1.807, 2.05) is 25.3 Å². The van der Waals surface area contributed by atoms with E-state index in [-0.39, 0.29) is 11.2 Å².